The molecule has 2 rings (SSSR count). The van der Waals surface area contributed by atoms with Crippen LogP contribution < -0.4 is 5.32 Å². The molecule has 1 fully saturated rings. The van der Waals surface area contributed by atoms with Crippen molar-refractivity contribution >= 4 is 0 Å². The van der Waals surface area contributed by atoms with Crippen molar-refractivity contribution in [2.45, 2.75) is 32.9 Å². The van der Waals surface area contributed by atoms with E-state index in [2.05, 4.69) is 55.4 Å². The summed E-state index contributed by atoms with van der Waals surface area (Å²) in [4.78, 5) is 2.42. The van der Waals surface area contributed by atoms with Crippen LogP contribution in [0.1, 0.15) is 24.5 Å². The van der Waals surface area contributed by atoms with Crippen molar-refractivity contribution in [2.75, 3.05) is 20.1 Å². The summed E-state index contributed by atoms with van der Waals surface area (Å²) in [5.74, 6) is 0.815. The van der Waals surface area contributed by atoms with Crippen LogP contribution in [0.2, 0.25) is 0 Å². The normalized spacial score (nSPS) is 24.5. The summed E-state index contributed by atoms with van der Waals surface area (Å²) >= 11 is 0. The number of hydrogen-bond donors (Lipinski definition) is 1. The van der Waals surface area contributed by atoms with Gasteiger partial charge in [0.25, 0.3) is 0 Å². The van der Waals surface area contributed by atoms with Gasteiger partial charge in [-0.15, -0.1) is 0 Å². The average molecular weight is 232 g/mol. The van der Waals surface area contributed by atoms with Crippen molar-refractivity contribution in [3.8, 4) is 0 Å². The summed E-state index contributed by atoms with van der Waals surface area (Å²) in [7, 11) is 2.21. The second-order valence-electron chi connectivity index (χ2n) is 5.51. The smallest absolute Gasteiger partial charge is 0.0231 e. The van der Waals surface area contributed by atoms with Gasteiger partial charge in [0.05, 0.1) is 0 Å². The molecule has 17 heavy (non-hydrogen) atoms. The molecule has 2 atom stereocenters. The predicted octanol–water partition coefficient (Wildman–Crippen LogP) is 2.42. The molecule has 1 aliphatic heterocycles. The van der Waals surface area contributed by atoms with Crippen LogP contribution >= 0.6 is 0 Å². The predicted molar refractivity (Wildman–Crippen MR) is 73.1 cm³/mol. The molecule has 0 aromatic heterocycles. The van der Waals surface area contributed by atoms with Gasteiger partial charge in [-0.2, -0.15) is 0 Å². The van der Waals surface area contributed by atoms with Crippen LogP contribution in [0.25, 0.3) is 0 Å². The number of aryl methyl sites for hydroxylation is 1. The molecular weight excluding hydrogens is 208 g/mol. The zero-order valence-electron chi connectivity index (χ0n) is 11.2. The van der Waals surface area contributed by atoms with Crippen LogP contribution in [0.5, 0.6) is 0 Å². The highest BCUT2D eigenvalue weighted by Gasteiger charge is 2.23. The first-order chi connectivity index (χ1) is 8.15. The Kier molecular flexibility index (Phi) is 4.19. The van der Waals surface area contributed by atoms with Crippen LogP contribution in [0, 0.1) is 12.8 Å². The molecule has 0 saturated carbocycles. The Morgan fingerprint density at radius 3 is 2.59 bits per heavy atom. The minimum absolute atomic E-state index is 0.672. The Morgan fingerprint density at radius 1 is 1.29 bits per heavy atom. The van der Waals surface area contributed by atoms with E-state index < -0.39 is 0 Å². The van der Waals surface area contributed by atoms with Crippen LogP contribution in [0.15, 0.2) is 24.3 Å². The molecule has 1 aromatic rings. The number of nitrogens with zero attached hydrogens (tertiary/aromatic N) is 1. The van der Waals surface area contributed by atoms with Crippen LogP contribution in [-0.2, 0) is 6.54 Å². The molecule has 1 heterocycles. The van der Waals surface area contributed by atoms with Crippen molar-refractivity contribution in [1.29, 1.82) is 0 Å². The molecule has 2 unspecified atom stereocenters. The molecule has 1 aromatic carbocycles. The minimum Gasteiger partial charge on any atom is -0.312 e. The topological polar surface area (TPSA) is 15.3 Å². The summed E-state index contributed by atoms with van der Waals surface area (Å²) < 4.78 is 0. The lowest BCUT2D eigenvalue weighted by Gasteiger charge is -2.23. The standard InChI is InChI=1S/C15H24N2/c1-12-4-6-14(7-5-12)10-17(3)11-15-13(2)8-9-16-15/h4-7,13,15-16H,8-11H2,1-3H3. The van der Waals surface area contributed by atoms with E-state index in [1.807, 2.05) is 0 Å². The van der Waals surface area contributed by atoms with Crippen LogP contribution in [0.4, 0.5) is 0 Å². The second-order valence-corrected chi connectivity index (χ2v) is 5.51. The first-order valence-corrected chi connectivity index (χ1v) is 6.62. The van der Waals surface area contributed by atoms with Crippen molar-refractivity contribution in [2.24, 2.45) is 5.92 Å². The van der Waals surface area contributed by atoms with E-state index >= 15 is 0 Å². The maximum atomic E-state index is 3.59. The first-order valence-electron chi connectivity index (χ1n) is 6.62. The molecule has 0 amide bonds. The maximum absolute atomic E-state index is 3.59. The minimum atomic E-state index is 0.672. The Balaban J connectivity index is 1.84. The lowest BCUT2D eigenvalue weighted by Crippen LogP contribution is -2.37. The quantitative estimate of drug-likeness (QED) is 0.857. The van der Waals surface area contributed by atoms with Gasteiger partial charge in [0, 0.05) is 19.1 Å². The third-order valence-corrected chi connectivity index (χ3v) is 3.77. The molecule has 1 saturated heterocycles. The lowest BCUT2D eigenvalue weighted by atomic mass is 10.0. The SMILES string of the molecule is Cc1ccc(CN(C)CC2NCCC2C)cc1. The number of hydrogen-bond acceptors (Lipinski definition) is 2. The lowest BCUT2D eigenvalue weighted by molar-refractivity contribution is 0.271. The zero-order valence-corrected chi connectivity index (χ0v) is 11.2. The zero-order chi connectivity index (χ0) is 12.3. The summed E-state index contributed by atoms with van der Waals surface area (Å²) in [6, 6.07) is 9.53. The van der Waals surface area contributed by atoms with Gasteiger partial charge in [-0.25, -0.2) is 0 Å². The molecule has 2 heteroatoms. The van der Waals surface area contributed by atoms with E-state index in [0.29, 0.717) is 6.04 Å². The molecule has 0 aliphatic carbocycles. The Bertz CT molecular complexity index is 344. The van der Waals surface area contributed by atoms with E-state index in [1.54, 1.807) is 0 Å². The van der Waals surface area contributed by atoms with E-state index in [4.69, 9.17) is 0 Å². The fourth-order valence-electron chi connectivity index (χ4n) is 2.55. The van der Waals surface area contributed by atoms with Crippen molar-refractivity contribution < 1.29 is 0 Å². The van der Waals surface area contributed by atoms with Crippen molar-refractivity contribution in [3.05, 3.63) is 35.4 Å². The number of nitrogens with one attached hydrogen (secondary N) is 1. The second kappa shape index (κ2) is 5.65. The Morgan fingerprint density at radius 2 is 2.00 bits per heavy atom. The fraction of sp³-hybridized carbons (Fsp3) is 0.600. The van der Waals surface area contributed by atoms with E-state index in [1.165, 1.54) is 24.1 Å². The van der Waals surface area contributed by atoms with E-state index in [-0.39, 0.29) is 0 Å². The highest BCUT2D eigenvalue weighted by atomic mass is 15.1. The van der Waals surface area contributed by atoms with Crippen molar-refractivity contribution in [1.82, 2.24) is 10.2 Å². The first kappa shape index (κ1) is 12.6. The molecule has 1 N–H and O–H groups in total. The van der Waals surface area contributed by atoms with Crippen LogP contribution in [0.3, 0.4) is 0 Å². The van der Waals surface area contributed by atoms with Gasteiger partial charge >= 0.3 is 0 Å². The monoisotopic (exact) mass is 232 g/mol. The van der Waals surface area contributed by atoms with Crippen molar-refractivity contribution in [3.63, 3.8) is 0 Å². The third-order valence-electron chi connectivity index (χ3n) is 3.77. The summed E-state index contributed by atoms with van der Waals surface area (Å²) in [6.45, 7) is 7.87. The number of likely N-dealkylation sites (N-methyl/N-ethyl adjacent to an activating group) is 1. The maximum Gasteiger partial charge on any atom is 0.0231 e. The molecule has 0 bridgehead atoms. The molecular formula is C15H24N2. The molecule has 94 valence electrons. The Labute approximate surface area is 105 Å². The summed E-state index contributed by atoms with van der Waals surface area (Å²) in [5, 5.41) is 3.59. The van der Waals surface area contributed by atoms with Gasteiger partial charge in [0.15, 0.2) is 0 Å². The highest BCUT2D eigenvalue weighted by Crippen LogP contribution is 2.16. The summed E-state index contributed by atoms with van der Waals surface area (Å²) in [6.07, 6.45) is 1.32. The average Bonchev–Trinajstić information content (AvgIpc) is 2.68. The largest absolute Gasteiger partial charge is 0.312 e. The number of rotatable bonds is 4. The number of benzene rings is 1. The van der Waals surface area contributed by atoms with E-state index in [9.17, 15) is 0 Å². The molecule has 0 radical (unpaired) electrons. The van der Waals surface area contributed by atoms with Crippen LogP contribution in [-0.4, -0.2) is 31.1 Å². The molecule has 1 aliphatic rings. The van der Waals surface area contributed by atoms with Gasteiger partial charge in [0.1, 0.15) is 0 Å². The van der Waals surface area contributed by atoms with Gasteiger partial charge in [-0.05, 0) is 38.4 Å². The fourth-order valence-corrected chi connectivity index (χ4v) is 2.55. The highest BCUT2D eigenvalue weighted by molar-refractivity contribution is 5.21. The summed E-state index contributed by atoms with van der Waals surface area (Å²) in [5.41, 5.74) is 2.74. The third kappa shape index (κ3) is 3.55. The van der Waals surface area contributed by atoms with Gasteiger partial charge in [0.2, 0.25) is 0 Å². The van der Waals surface area contributed by atoms with Gasteiger partial charge < -0.3 is 10.2 Å². The van der Waals surface area contributed by atoms with Gasteiger partial charge in [-0.3, -0.25) is 0 Å². The van der Waals surface area contributed by atoms with E-state index in [0.717, 1.165) is 19.0 Å². The molecule has 0 spiro atoms. The van der Waals surface area contributed by atoms with Gasteiger partial charge in [-0.1, -0.05) is 36.8 Å². The molecule has 2 nitrogen and oxygen atoms in total. The Hall–Kier alpha value is -0.860.